The molecule has 0 saturated heterocycles. The third kappa shape index (κ3) is 3.49. The molecule has 2 atom stereocenters. The number of rotatable bonds is 5. The van der Waals surface area contributed by atoms with Crippen LogP contribution in [0.1, 0.15) is 42.6 Å². The summed E-state index contributed by atoms with van der Waals surface area (Å²) in [6.07, 6.45) is 1.56. The van der Waals surface area contributed by atoms with Gasteiger partial charge in [0.2, 0.25) is 0 Å². The minimum Gasteiger partial charge on any atom is -0.304 e. The van der Waals surface area contributed by atoms with Gasteiger partial charge < -0.3 is 5.32 Å². The van der Waals surface area contributed by atoms with Gasteiger partial charge in [-0.2, -0.15) is 0 Å². The standard InChI is InChI=1S/C18H20FN5/c1-12-4-5-16(10-18(12)19)14(3)21-13(2)15-6-8-17(9-7-15)24-11-20-22-23-24/h4-11,13-14,21H,1-3H3. The van der Waals surface area contributed by atoms with E-state index in [2.05, 4.69) is 27.8 Å². The van der Waals surface area contributed by atoms with Crippen molar-refractivity contribution in [2.45, 2.75) is 32.9 Å². The van der Waals surface area contributed by atoms with E-state index in [1.54, 1.807) is 24.0 Å². The zero-order valence-electron chi connectivity index (χ0n) is 13.9. The van der Waals surface area contributed by atoms with Gasteiger partial charge >= 0.3 is 0 Å². The van der Waals surface area contributed by atoms with Gasteiger partial charge in [0.1, 0.15) is 12.1 Å². The van der Waals surface area contributed by atoms with E-state index in [-0.39, 0.29) is 17.9 Å². The topological polar surface area (TPSA) is 55.6 Å². The van der Waals surface area contributed by atoms with E-state index in [0.29, 0.717) is 5.56 Å². The molecule has 0 bridgehead atoms. The summed E-state index contributed by atoms with van der Waals surface area (Å²) in [7, 11) is 0. The summed E-state index contributed by atoms with van der Waals surface area (Å²) in [5.41, 5.74) is 3.66. The Morgan fingerprint density at radius 1 is 1.00 bits per heavy atom. The molecule has 1 N–H and O–H groups in total. The minimum absolute atomic E-state index is 0.0503. The van der Waals surface area contributed by atoms with Gasteiger partial charge in [-0.3, -0.25) is 0 Å². The van der Waals surface area contributed by atoms with Gasteiger partial charge in [0, 0.05) is 12.1 Å². The zero-order valence-corrected chi connectivity index (χ0v) is 13.9. The zero-order chi connectivity index (χ0) is 17.1. The minimum atomic E-state index is -0.167. The summed E-state index contributed by atoms with van der Waals surface area (Å²) in [4.78, 5) is 0. The molecule has 0 radical (unpaired) electrons. The van der Waals surface area contributed by atoms with Gasteiger partial charge in [-0.15, -0.1) is 5.10 Å². The Labute approximate surface area is 140 Å². The molecule has 0 amide bonds. The fraction of sp³-hybridized carbons (Fsp3) is 0.278. The maximum Gasteiger partial charge on any atom is 0.143 e. The highest BCUT2D eigenvalue weighted by Crippen LogP contribution is 2.21. The van der Waals surface area contributed by atoms with Crippen molar-refractivity contribution in [1.82, 2.24) is 25.5 Å². The molecule has 3 aromatic rings. The molecule has 124 valence electrons. The molecule has 2 unspecified atom stereocenters. The average molecular weight is 325 g/mol. The normalized spacial score (nSPS) is 13.7. The van der Waals surface area contributed by atoms with E-state index in [4.69, 9.17) is 0 Å². The lowest BCUT2D eigenvalue weighted by Gasteiger charge is -2.21. The molecule has 0 aliphatic heterocycles. The Balaban J connectivity index is 1.69. The molecule has 0 aliphatic rings. The molecular weight excluding hydrogens is 305 g/mol. The fourth-order valence-corrected chi connectivity index (χ4v) is 2.64. The number of hydrogen-bond donors (Lipinski definition) is 1. The van der Waals surface area contributed by atoms with Crippen molar-refractivity contribution in [2.24, 2.45) is 0 Å². The van der Waals surface area contributed by atoms with Crippen LogP contribution in [0.5, 0.6) is 0 Å². The number of hydrogen-bond acceptors (Lipinski definition) is 4. The van der Waals surface area contributed by atoms with Crippen LogP contribution >= 0.6 is 0 Å². The van der Waals surface area contributed by atoms with Crippen LogP contribution in [0.25, 0.3) is 5.69 Å². The molecule has 1 heterocycles. The molecule has 2 aromatic carbocycles. The number of benzene rings is 2. The monoisotopic (exact) mass is 325 g/mol. The Hall–Kier alpha value is -2.60. The molecule has 0 fully saturated rings. The molecule has 5 nitrogen and oxygen atoms in total. The van der Waals surface area contributed by atoms with Gasteiger partial charge in [0.05, 0.1) is 5.69 Å². The first-order chi connectivity index (χ1) is 11.5. The van der Waals surface area contributed by atoms with Gasteiger partial charge in [-0.25, -0.2) is 9.07 Å². The lowest BCUT2D eigenvalue weighted by atomic mass is 10.0. The van der Waals surface area contributed by atoms with Crippen molar-refractivity contribution >= 4 is 0 Å². The van der Waals surface area contributed by atoms with Crippen molar-refractivity contribution in [3.05, 3.63) is 71.3 Å². The predicted octanol–water partition coefficient (Wildman–Crippen LogP) is 3.52. The molecule has 1 aromatic heterocycles. The van der Waals surface area contributed by atoms with Crippen LogP contribution in [0.4, 0.5) is 4.39 Å². The highest BCUT2D eigenvalue weighted by atomic mass is 19.1. The number of halogens is 1. The fourth-order valence-electron chi connectivity index (χ4n) is 2.64. The summed E-state index contributed by atoms with van der Waals surface area (Å²) < 4.78 is 15.3. The number of nitrogens with one attached hydrogen (secondary N) is 1. The van der Waals surface area contributed by atoms with E-state index in [0.717, 1.165) is 16.8 Å². The van der Waals surface area contributed by atoms with E-state index >= 15 is 0 Å². The first-order valence-corrected chi connectivity index (χ1v) is 7.90. The maximum absolute atomic E-state index is 13.7. The molecule has 6 heteroatoms. The first kappa shape index (κ1) is 16.3. The van der Waals surface area contributed by atoms with Crippen LogP contribution in [0.2, 0.25) is 0 Å². The molecule has 24 heavy (non-hydrogen) atoms. The van der Waals surface area contributed by atoms with Crippen molar-refractivity contribution < 1.29 is 4.39 Å². The van der Waals surface area contributed by atoms with Crippen LogP contribution in [0.3, 0.4) is 0 Å². The van der Waals surface area contributed by atoms with Crippen LogP contribution in [0.15, 0.2) is 48.8 Å². The predicted molar refractivity (Wildman–Crippen MR) is 90.3 cm³/mol. The van der Waals surface area contributed by atoms with Crippen molar-refractivity contribution in [2.75, 3.05) is 0 Å². The second-order valence-electron chi connectivity index (χ2n) is 5.96. The van der Waals surface area contributed by atoms with Crippen molar-refractivity contribution in [3.8, 4) is 5.69 Å². The Kier molecular flexibility index (Phi) is 4.66. The van der Waals surface area contributed by atoms with Crippen LogP contribution in [0, 0.1) is 12.7 Å². The van der Waals surface area contributed by atoms with Gasteiger partial charge in [-0.05, 0) is 66.1 Å². The lowest BCUT2D eigenvalue weighted by Crippen LogP contribution is -2.22. The number of nitrogens with zero attached hydrogens (tertiary/aromatic N) is 4. The van der Waals surface area contributed by atoms with Crippen LogP contribution < -0.4 is 5.32 Å². The summed E-state index contributed by atoms with van der Waals surface area (Å²) in [5.74, 6) is -0.167. The summed E-state index contributed by atoms with van der Waals surface area (Å²) in [6.45, 7) is 5.90. The second-order valence-corrected chi connectivity index (χ2v) is 5.96. The summed E-state index contributed by atoms with van der Waals surface area (Å²) in [5, 5.41) is 14.6. The van der Waals surface area contributed by atoms with Gasteiger partial charge in [0.25, 0.3) is 0 Å². The van der Waals surface area contributed by atoms with Crippen molar-refractivity contribution in [1.29, 1.82) is 0 Å². The number of aryl methyl sites for hydroxylation is 1. The Morgan fingerprint density at radius 3 is 2.29 bits per heavy atom. The summed E-state index contributed by atoms with van der Waals surface area (Å²) >= 11 is 0. The third-order valence-corrected chi connectivity index (χ3v) is 4.20. The molecule has 0 spiro atoms. The van der Waals surface area contributed by atoms with E-state index in [1.165, 1.54) is 0 Å². The van der Waals surface area contributed by atoms with Crippen LogP contribution in [-0.2, 0) is 0 Å². The van der Waals surface area contributed by atoms with Crippen molar-refractivity contribution in [3.63, 3.8) is 0 Å². The Bertz CT molecular complexity index is 799. The third-order valence-electron chi connectivity index (χ3n) is 4.20. The molecule has 0 aliphatic carbocycles. The van der Waals surface area contributed by atoms with E-state index < -0.39 is 0 Å². The largest absolute Gasteiger partial charge is 0.304 e. The quantitative estimate of drug-likeness (QED) is 0.780. The highest BCUT2D eigenvalue weighted by Gasteiger charge is 2.12. The SMILES string of the molecule is Cc1ccc(C(C)NC(C)c2ccc(-n3cnnn3)cc2)cc1F. The van der Waals surface area contributed by atoms with Gasteiger partial charge in [-0.1, -0.05) is 24.3 Å². The van der Waals surface area contributed by atoms with E-state index in [1.807, 2.05) is 43.3 Å². The smallest absolute Gasteiger partial charge is 0.143 e. The van der Waals surface area contributed by atoms with Gasteiger partial charge in [0.15, 0.2) is 0 Å². The summed E-state index contributed by atoms with van der Waals surface area (Å²) in [6, 6.07) is 13.6. The second kappa shape index (κ2) is 6.88. The maximum atomic E-state index is 13.7. The van der Waals surface area contributed by atoms with E-state index in [9.17, 15) is 4.39 Å². The molecule has 0 saturated carbocycles. The molecular formula is C18H20FN5. The number of tetrazole rings is 1. The lowest BCUT2D eigenvalue weighted by molar-refractivity contribution is 0.491. The highest BCUT2D eigenvalue weighted by molar-refractivity contribution is 5.34. The average Bonchev–Trinajstić information content (AvgIpc) is 3.12. The molecule has 3 rings (SSSR count). The van der Waals surface area contributed by atoms with Crippen LogP contribution in [-0.4, -0.2) is 20.2 Å². The first-order valence-electron chi connectivity index (χ1n) is 7.90. The number of aromatic nitrogens is 4. The Morgan fingerprint density at radius 2 is 1.67 bits per heavy atom.